The fourth-order valence-corrected chi connectivity index (χ4v) is 6.26. The van der Waals surface area contributed by atoms with E-state index in [1.165, 1.54) is 103 Å². The van der Waals surface area contributed by atoms with Crippen molar-refractivity contribution in [3.8, 4) is 0 Å². The summed E-state index contributed by atoms with van der Waals surface area (Å²) in [5.41, 5.74) is 0. The predicted molar refractivity (Wildman–Crippen MR) is 215 cm³/mol. The first-order chi connectivity index (χ1) is 25.1. The molecule has 0 aromatic carbocycles. The second-order valence-corrected chi connectivity index (χ2v) is 15.6. The summed E-state index contributed by atoms with van der Waals surface area (Å²) in [5.74, 6) is -1.49. The molecule has 0 amide bonds. The zero-order valence-corrected chi connectivity index (χ0v) is 34.5. The van der Waals surface area contributed by atoms with Crippen molar-refractivity contribution in [1.82, 2.24) is 0 Å². The van der Waals surface area contributed by atoms with Gasteiger partial charge in [0.25, 0.3) is 0 Å². The van der Waals surface area contributed by atoms with Crippen LogP contribution in [0.2, 0.25) is 0 Å². The zero-order chi connectivity index (χ0) is 38.5. The van der Waals surface area contributed by atoms with Crippen molar-refractivity contribution >= 4 is 17.9 Å². The highest BCUT2D eigenvalue weighted by Gasteiger charge is 2.31. The number of carbonyl (C=O) groups excluding carboxylic acids is 2. The van der Waals surface area contributed by atoms with Crippen LogP contribution in [-0.2, 0) is 28.6 Å². The van der Waals surface area contributed by atoms with Gasteiger partial charge < -0.3 is 23.8 Å². The summed E-state index contributed by atoms with van der Waals surface area (Å²) in [6, 6.07) is -0.615. The van der Waals surface area contributed by atoms with Gasteiger partial charge in [0, 0.05) is 19.3 Å². The van der Waals surface area contributed by atoms with E-state index in [-0.39, 0.29) is 36.2 Å². The molecule has 2 unspecified atom stereocenters. The lowest BCUT2D eigenvalue weighted by atomic mass is 10.0. The van der Waals surface area contributed by atoms with Gasteiger partial charge in [0.15, 0.2) is 12.1 Å². The summed E-state index contributed by atoms with van der Waals surface area (Å²) in [6.45, 7) is 4.70. The predicted octanol–water partition coefficient (Wildman–Crippen LogP) is 11.3. The molecular weight excluding hydrogens is 654 g/mol. The number of quaternary nitrogens is 1. The lowest BCUT2D eigenvalue weighted by molar-refractivity contribution is -0.887. The van der Waals surface area contributed by atoms with Crippen molar-refractivity contribution in [2.75, 3.05) is 41.0 Å². The van der Waals surface area contributed by atoms with Crippen molar-refractivity contribution in [2.45, 2.75) is 199 Å². The number of hydrogen-bond acceptors (Lipinski definition) is 6. The van der Waals surface area contributed by atoms with Crippen LogP contribution < -0.4 is 0 Å². The number of unbranched alkanes of at least 4 members (excludes halogenated alkanes) is 21. The van der Waals surface area contributed by atoms with Gasteiger partial charge in [0.1, 0.15) is 6.61 Å². The van der Waals surface area contributed by atoms with Crippen LogP contribution in [0.25, 0.3) is 0 Å². The quantitative estimate of drug-likeness (QED) is 0.0291. The molecule has 0 aliphatic heterocycles. The molecule has 52 heavy (non-hydrogen) atoms. The molecule has 0 saturated heterocycles. The van der Waals surface area contributed by atoms with Crippen molar-refractivity contribution in [1.29, 1.82) is 0 Å². The summed E-state index contributed by atoms with van der Waals surface area (Å²) < 4.78 is 17.2. The molecule has 0 bridgehead atoms. The van der Waals surface area contributed by atoms with Crippen LogP contribution in [0.4, 0.5) is 0 Å². The van der Waals surface area contributed by atoms with Crippen molar-refractivity contribution in [2.24, 2.45) is 0 Å². The van der Waals surface area contributed by atoms with E-state index in [9.17, 15) is 19.5 Å². The number of carboxylic acid groups (broad SMARTS) is 1. The Kier molecular flexibility index (Phi) is 34.3. The van der Waals surface area contributed by atoms with Crippen LogP contribution >= 0.6 is 0 Å². The SMILES string of the molecule is CCCCCCCCC/C=C/C=C/CCCCCC(=O)OCC(COCCC(C(=O)O)[N+](C)(C)C)OC(=O)CCCCCCCCCCCCCC. The second kappa shape index (κ2) is 35.8. The third-order valence-corrected chi connectivity index (χ3v) is 9.63. The first-order valence-electron chi connectivity index (χ1n) is 21.4. The van der Waals surface area contributed by atoms with Crippen LogP contribution in [0.5, 0.6) is 0 Å². The summed E-state index contributed by atoms with van der Waals surface area (Å²) >= 11 is 0. The number of hydrogen-bond donors (Lipinski definition) is 1. The lowest BCUT2D eigenvalue weighted by Gasteiger charge is -2.31. The zero-order valence-electron chi connectivity index (χ0n) is 34.5. The Labute approximate surface area is 320 Å². The van der Waals surface area contributed by atoms with Crippen LogP contribution in [0.15, 0.2) is 24.3 Å². The Balaban J connectivity index is 4.39. The lowest BCUT2D eigenvalue weighted by Crippen LogP contribution is -2.50. The number of allylic oxidation sites excluding steroid dienone is 4. The Morgan fingerprint density at radius 2 is 1.00 bits per heavy atom. The van der Waals surface area contributed by atoms with Crippen LogP contribution in [0.3, 0.4) is 0 Å². The average molecular weight is 737 g/mol. The fourth-order valence-electron chi connectivity index (χ4n) is 6.26. The molecule has 0 aliphatic carbocycles. The first-order valence-corrected chi connectivity index (χ1v) is 21.4. The largest absolute Gasteiger partial charge is 0.477 e. The van der Waals surface area contributed by atoms with Crippen molar-refractivity contribution in [3.05, 3.63) is 24.3 Å². The molecule has 0 aromatic rings. The number of likely N-dealkylation sites (N-methyl/N-ethyl adjacent to an activating group) is 1. The van der Waals surface area contributed by atoms with Gasteiger partial charge in [-0.05, 0) is 38.5 Å². The van der Waals surface area contributed by atoms with E-state index < -0.39 is 18.1 Å². The number of aliphatic carboxylic acids is 1. The van der Waals surface area contributed by atoms with E-state index in [0.29, 0.717) is 19.3 Å². The molecule has 2 atom stereocenters. The van der Waals surface area contributed by atoms with Gasteiger partial charge in [0.2, 0.25) is 0 Å². The first kappa shape index (κ1) is 49.8. The Morgan fingerprint density at radius 3 is 1.46 bits per heavy atom. The minimum absolute atomic E-state index is 0.0563. The molecule has 0 heterocycles. The van der Waals surface area contributed by atoms with E-state index in [2.05, 4.69) is 38.2 Å². The molecule has 0 aliphatic rings. The van der Waals surface area contributed by atoms with Gasteiger partial charge >= 0.3 is 17.9 Å². The minimum atomic E-state index is -0.877. The molecule has 0 aromatic heterocycles. The standard InChI is InChI=1S/C44H81NO7/c1-6-8-10-12-14-16-18-20-21-22-23-25-26-28-30-32-34-42(46)51-39-40(38-50-37-36-41(44(48)49)45(3,4)5)52-43(47)35-33-31-29-27-24-19-17-15-13-11-9-7-2/h21-23,25,40-41H,6-20,24,26-39H2,1-5H3/p+1/b22-21+,25-23+. The highest BCUT2D eigenvalue weighted by atomic mass is 16.6. The molecule has 8 heteroatoms. The van der Waals surface area contributed by atoms with E-state index in [1.807, 2.05) is 21.1 Å². The third-order valence-electron chi connectivity index (χ3n) is 9.63. The molecule has 0 saturated carbocycles. The van der Waals surface area contributed by atoms with Gasteiger partial charge in [0.05, 0.1) is 34.4 Å². The molecule has 1 N–H and O–H groups in total. The number of rotatable bonds is 38. The number of nitrogens with zero attached hydrogens (tertiary/aromatic N) is 1. The van der Waals surface area contributed by atoms with Gasteiger partial charge in [-0.25, -0.2) is 4.79 Å². The van der Waals surface area contributed by atoms with Crippen molar-refractivity contribution < 1.29 is 38.2 Å². The average Bonchev–Trinajstić information content (AvgIpc) is 3.09. The fraction of sp³-hybridized carbons (Fsp3) is 0.841. The van der Waals surface area contributed by atoms with Crippen molar-refractivity contribution in [3.63, 3.8) is 0 Å². The number of ether oxygens (including phenoxy) is 3. The molecule has 0 radical (unpaired) electrons. The van der Waals surface area contributed by atoms with Crippen LogP contribution in [-0.4, -0.2) is 80.6 Å². The third kappa shape index (κ3) is 33.6. The summed E-state index contributed by atoms with van der Waals surface area (Å²) in [7, 11) is 5.52. The summed E-state index contributed by atoms with van der Waals surface area (Å²) in [6.07, 6.45) is 37.9. The molecular formula is C44H82NO7+. The van der Waals surface area contributed by atoms with Gasteiger partial charge in [-0.15, -0.1) is 0 Å². The van der Waals surface area contributed by atoms with Gasteiger partial charge in [-0.1, -0.05) is 154 Å². The monoisotopic (exact) mass is 737 g/mol. The Bertz CT molecular complexity index is 911. The number of carboxylic acids is 1. The maximum atomic E-state index is 12.7. The van der Waals surface area contributed by atoms with E-state index >= 15 is 0 Å². The van der Waals surface area contributed by atoms with Gasteiger partial charge in [-0.2, -0.15) is 0 Å². The molecule has 304 valence electrons. The Morgan fingerprint density at radius 1 is 0.577 bits per heavy atom. The molecule has 0 spiro atoms. The normalized spacial score (nSPS) is 13.2. The number of esters is 2. The van der Waals surface area contributed by atoms with E-state index in [0.717, 1.165) is 51.4 Å². The molecule has 8 nitrogen and oxygen atoms in total. The minimum Gasteiger partial charge on any atom is -0.477 e. The number of carbonyl (C=O) groups is 3. The highest BCUT2D eigenvalue weighted by molar-refractivity contribution is 5.72. The van der Waals surface area contributed by atoms with E-state index in [4.69, 9.17) is 14.2 Å². The van der Waals surface area contributed by atoms with Crippen LogP contribution in [0, 0.1) is 0 Å². The smallest absolute Gasteiger partial charge is 0.362 e. The molecule has 0 rings (SSSR count). The van der Waals surface area contributed by atoms with Gasteiger partial charge in [-0.3, -0.25) is 9.59 Å². The molecule has 0 fully saturated rings. The summed E-state index contributed by atoms with van der Waals surface area (Å²) in [5, 5.41) is 9.60. The topological polar surface area (TPSA) is 99.1 Å². The Hall–Kier alpha value is -2.19. The maximum absolute atomic E-state index is 12.7. The maximum Gasteiger partial charge on any atom is 0.362 e. The summed E-state index contributed by atoms with van der Waals surface area (Å²) in [4.78, 5) is 36.9. The second-order valence-electron chi connectivity index (χ2n) is 15.6. The van der Waals surface area contributed by atoms with E-state index in [1.54, 1.807) is 0 Å². The highest BCUT2D eigenvalue weighted by Crippen LogP contribution is 2.14. The van der Waals surface area contributed by atoms with Crippen LogP contribution in [0.1, 0.15) is 187 Å².